The number of amides is 1. The van der Waals surface area contributed by atoms with Crippen LogP contribution in [0.4, 0.5) is 0 Å². The van der Waals surface area contributed by atoms with Crippen LogP contribution in [0.5, 0.6) is 0 Å². The molecule has 1 atom stereocenters. The van der Waals surface area contributed by atoms with Gasteiger partial charge in [0, 0.05) is 55.6 Å². The van der Waals surface area contributed by atoms with Gasteiger partial charge in [0.15, 0.2) is 5.76 Å². The van der Waals surface area contributed by atoms with Crippen molar-refractivity contribution in [3.05, 3.63) is 58.3 Å². The molecule has 1 aliphatic rings. The monoisotopic (exact) mass is 395 g/mol. The zero-order valence-corrected chi connectivity index (χ0v) is 17.7. The molecule has 1 saturated heterocycles. The number of H-pyrrole nitrogens is 1. The largest absolute Gasteiger partial charge is 0.456 e. The number of rotatable bonds is 6. The number of furan rings is 1. The van der Waals surface area contributed by atoms with Gasteiger partial charge in [-0.2, -0.15) is 5.10 Å². The first-order chi connectivity index (χ1) is 13.9. The summed E-state index contributed by atoms with van der Waals surface area (Å²) in [4.78, 5) is 19.6. The normalized spacial score (nSPS) is 16.7. The summed E-state index contributed by atoms with van der Waals surface area (Å²) < 4.78 is 8.05. The lowest BCUT2D eigenvalue weighted by atomic mass is 10.1. The van der Waals surface area contributed by atoms with Crippen LogP contribution in [0.25, 0.3) is 0 Å². The van der Waals surface area contributed by atoms with E-state index < -0.39 is 0 Å². The predicted octanol–water partition coefficient (Wildman–Crippen LogP) is 3.49. The molecule has 3 aromatic rings. The van der Waals surface area contributed by atoms with Gasteiger partial charge in [0.25, 0.3) is 5.91 Å². The highest BCUT2D eigenvalue weighted by Crippen LogP contribution is 2.25. The molecule has 0 spiro atoms. The van der Waals surface area contributed by atoms with Crippen molar-refractivity contribution in [1.29, 1.82) is 0 Å². The summed E-state index contributed by atoms with van der Waals surface area (Å²) in [6.07, 6.45) is 6.43. The Balaban J connectivity index is 1.42. The lowest BCUT2D eigenvalue weighted by Gasteiger charge is -2.23. The molecule has 1 unspecified atom stereocenters. The van der Waals surface area contributed by atoms with Crippen LogP contribution in [-0.2, 0) is 19.9 Å². The maximum Gasteiger partial charge on any atom is 0.289 e. The molecule has 1 fully saturated rings. The molecule has 1 aliphatic heterocycles. The van der Waals surface area contributed by atoms with Gasteiger partial charge in [-0.15, -0.1) is 0 Å². The van der Waals surface area contributed by atoms with E-state index in [1.54, 1.807) is 6.07 Å². The average molecular weight is 396 g/mol. The lowest BCUT2D eigenvalue weighted by Crippen LogP contribution is -2.35. The van der Waals surface area contributed by atoms with Gasteiger partial charge >= 0.3 is 0 Å². The van der Waals surface area contributed by atoms with E-state index in [1.807, 2.05) is 38.1 Å². The Hall–Kier alpha value is -2.83. The first-order valence-corrected chi connectivity index (χ1v) is 10.3. The molecule has 4 heterocycles. The smallest absolute Gasteiger partial charge is 0.289 e. The highest BCUT2D eigenvalue weighted by molar-refractivity contribution is 5.92. The van der Waals surface area contributed by atoms with Crippen LogP contribution in [-0.4, -0.2) is 43.1 Å². The lowest BCUT2D eigenvalue weighted by molar-refractivity contribution is 0.0696. The molecule has 0 bridgehead atoms. The summed E-state index contributed by atoms with van der Waals surface area (Å²) in [6.45, 7) is 6.83. The van der Waals surface area contributed by atoms with Crippen LogP contribution in [0.1, 0.15) is 64.0 Å². The molecule has 7 heteroatoms. The third kappa shape index (κ3) is 3.86. The van der Waals surface area contributed by atoms with E-state index in [9.17, 15) is 4.79 Å². The minimum atomic E-state index is -0.00425. The Kier molecular flexibility index (Phi) is 5.30. The van der Waals surface area contributed by atoms with Crippen molar-refractivity contribution >= 4 is 5.91 Å². The average Bonchev–Trinajstić information content (AvgIpc) is 3.48. The Morgan fingerprint density at radius 2 is 2.14 bits per heavy atom. The summed E-state index contributed by atoms with van der Waals surface area (Å²) in [7, 11) is 2.04. The van der Waals surface area contributed by atoms with Gasteiger partial charge in [0.2, 0.25) is 0 Å². The number of carbonyl (C=O) groups is 1. The first-order valence-electron chi connectivity index (χ1n) is 10.3. The van der Waals surface area contributed by atoms with Gasteiger partial charge in [-0.1, -0.05) is 0 Å². The van der Waals surface area contributed by atoms with Gasteiger partial charge in [-0.3, -0.25) is 9.89 Å². The second-order valence-corrected chi connectivity index (χ2v) is 8.06. The van der Waals surface area contributed by atoms with E-state index in [0.717, 1.165) is 66.5 Å². The van der Waals surface area contributed by atoms with Crippen LogP contribution in [0.2, 0.25) is 0 Å². The number of likely N-dealkylation sites (tertiary alicyclic amines) is 1. The summed E-state index contributed by atoms with van der Waals surface area (Å²) in [5.74, 6) is 2.29. The number of hydrogen-bond donors (Lipinski definition) is 1. The summed E-state index contributed by atoms with van der Waals surface area (Å²) in [6, 6.07) is 3.95. The van der Waals surface area contributed by atoms with Crippen molar-refractivity contribution in [1.82, 2.24) is 24.6 Å². The molecule has 3 aromatic heterocycles. The molecule has 0 radical (unpaired) electrons. The highest BCUT2D eigenvalue weighted by Gasteiger charge is 2.31. The number of carbonyl (C=O) groups excluding carboxylic acids is 1. The molecule has 1 N–H and O–H groups in total. The minimum Gasteiger partial charge on any atom is -0.456 e. The zero-order chi connectivity index (χ0) is 20.5. The standard InChI is InChI=1S/C22H29N5O2/c1-14-13-23-21(26(14)4)10-7-17-6-5-11-27(17)22(28)20-9-8-18(29-20)12-19-15(2)24-25-16(19)3/h8-9,13,17H,5-7,10-12H2,1-4H3,(H,24,25). The van der Waals surface area contributed by atoms with Crippen molar-refractivity contribution in [2.45, 2.75) is 58.9 Å². The Morgan fingerprint density at radius 1 is 1.31 bits per heavy atom. The van der Waals surface area contributed by atoms with E-state index >= 15 is 0 Å². The van der Waals surface area contributed by atoms with E-state index in [0.29, 0.717) is 12.2 Å². The molecular weight excluding hydrogens is 366 g/mol. The number of aromatic amines is 1. The predicted molar refractivity (Wildman–Crippen MR) is 110 cm³/mol. The number of aryl methyl sites for hydroxylation is 4. The van der Waals surface area contributed by atoms with E-state index in [-0.39, 0.29) is 11.9 Å². The maximum atomic E-state index is 13.1. The molecule has 154 valence electrons. The van der Waals surface area contributed by atoms with Crippen molar-refractivity contribution in [3.8, 4) is 0 Å². The minimum absolute atomic E-state index is 0.00425. The molecule has 4 rings (SSSR count). The summed E-state index contributed by atoms with van der Waals surface area (Å²) in [5.41, 5.74) is 4.29. The molecule has 0 aromatic carbocycles. The molecule has 29 heavy (non-hydrogen) atoms. The Morgan fingerprint density at radius 3 is 2.83 bits per heavy atom. The SMILES string of the molecule is Cc1n[nH]c(C)c1Cc1ccc(C(=O)N2CCCC2CCc2ncc(C)n2C)o1. The van der Waals surface area contributed by atoms with Crippen LogP contribution in [0, 0.1) is 20.8 Å². The molecule has 7 nitrogen and oxygen atoms in total. The van der Waals surface area contributed by atoms with Gasteiger partial charge < -0.3 is 13.9 Å². The van der Waals surface area contributed by atoms with E-state index in [1.165, 1.54) is 0 Å². The number of hydrogen-bond acceptors (Lipinski definition) is 4. The van der Waals surface area contributed by atoms with Crippen LogP contribution in [0.15, 0.2) is 22.7 Å². The number of nitrogens with zero attached hydrogens (tertiary/aromatic N) is 4. The summed E-state index contributed by atoms with van der Waals surface area (Å²) in [5, 5.41) is 7.23. The van der Waals surface area contributed by atoms with Gasteiger partial charge in [0.1, 0.15) is 11.6 Å². The number of aromatic nitrogens is 4. The fraction of sp³-hybridized carbons (Fsp3) is 0.500. The van der Waals surface area contributed by atoms with Crippen molar-refractivity contribution in [2.24, 2.45) is 7.05 Å². The topological polar surface area (TPSA) is 80.0 Å². The second kappa shape index (κ2) is 7.89. The maximum absolute atomic E-state index is 13.1. The van der Waals surface area contributed by atoms with Crippen LogP contribution in [0.3, 0.4) is 0 Å². The van der Waals surface area contributed by atoms with Gasteiger partial charge in [0.05, 0.1) is 5.69 Å². The molecule has 0 saturated carbocycles. The van der Waals surface area contributed by atoms with Crippen molar-refractivity contribution in [3.63, 3.8) is 0 Å². The third-order valence-electron chi connectivity index (χ3n) is 6.16. The number of imidazole rings is 1. The van der Waals surface area contributed by atoms with Gasteiger partial charge in [-0.05, 0) is 52.2 Å². The van der Waals surface area contributed by atoms with Crippen molar-refractivity contribution < 1.29 is 9.21 Å². The molecular formula is C22H29N5O2. The fourth-order valence-electron chi connectivity index (χ4n) is 4.21. The van der Waals surface area contributed by atoms with Crippen LogP contribution >= 0.6 is 0 Å². The Bertz CT molecular complexity index is 993. The fourth-order valence-corrected chi connectivity index (χ4v) is 4.21. The molecule has 1 amide bonds. The molecule has 0 aliphatic carbocycles. The van der Waals surface area contributed by atoms with Crippen LogP contribution < -0.4 is 0 Å². The van der Waals surface area contributed by atoms with E-state index in [2.05, 4.69) is 26.7 Å². The zero-order valence-electron chi connectivity index (χ0n) is 17.7. The third-order valence-corrected chi connectivity index (χ3v) is 6.16. The highest BCUT2D eigenvalue weighted by atomic mass is 16.4. The van der Waals surface area contributed by atoms with Crippen molar-refractivity contribution in [2.75, 3.05) is 6.54 Å². The first kappa shape index (κ1) is 19.5. The van der Waals surface area contributed by atoms with Gasteiger partial charge in [-0.25, -0.2) is 4.98 Å². The summed E-state index contributed by atoms with van der Waals surface area (Å²) >= 11 is 0. The van der Waals surface area contributed by atoms with E-state index in [4.69, 9.17) is 4.42 Å². The second-order valence-electron chi connectivity index (χ2n) is 8.06. The quantitative estimate of drug-likeness (QED) is 0.693. The Labute approximate surface area is 171 Å². The number of nitrogens with one attached hydrogen (secondary N) is 1.